The number of nitrogens with zero attached hydrogens (tertiary/aromatic N) is 1. The summed E-state index contributed by atoms with van der Waals surface area (Å²) in [6.45, 7) is 0.512. The van der Waals surface area contributed by atoms with Crippen LogP contribution in [0, 0.1) is 0 Å². The van der Waals surface area contributed by atoms with Crippen molar-refractivity contribution in [3.05, 3.63) is 0 Å². The number of carbonyl (C=O) groups excluding carboxylic acids is 1. The summed E-state index contributed by atoms with van der Waals surface area (Å²) in [6.07, 6.45) is 0.603. The number of ketones is 1. The van der Waals surface area contributed by atoms with Crippen LogP contribution in [-0.4, -0.2) is 24.0 Å². The van der Waals surface area contributed by atoms with Crippen molar-refractivity contribution in [3.63, 3.8) is 0 Å². The maximum atomic E-state index is 10.7. The zero-order valence-corrected chi connectivity index (χ0v) is 5.52. The van der Waals surface area contributed by atoms with Gasteiger partial charge in [0.2, 0.25) is 0 Å². The second-order valence-electron chi connectivity index (χ2n) is 1.68. The van der Waals surface area contributed by atoms with Crippen LogP contribution < -0.4 is 0 Å². The molecule has 0 unspecified atom stereocenters. The lowest BCUT2D eigenvalue weighted by Crippen LogP contribution is -2.12. The van der Waals surface area contributed by atoms with E-state index in [0.717, 1.165) is 0 Å². The molecule has 0 aromatic rings. The fourth-order valence-corrected chi connectivity index (χ4v) is 0.733. The Kier molecular flexibility index (Phi) is 2.05. The smallest absolute Gasteiger partial charge is 0.195 e. The average molecular weight is 148 g/mol. The summed E-state index contributed by atoms with van der Waals surface area (Å²) in [5.41, 5.74) is 0.463. The highest BCUT2D eigenvalue weighted by Gasteiger charge is 2.14. The highest BCUT2D eigenvalue weighted by atomic mass is 35.5. The number of rotatable bonds is 2. The molecule has 1 aliphatic rings. The molecule has 0 bridgehead atoms. The number of hydrogen-bond acceptors (Lipinski definition) is 3. The molecular formula is C5H6ClNO2. The molecule has 3 nitrogen and oxygen atoms in total. The first-order valence-electron chi connectivity index (χ1n) is 2.62. The van der Waals surface area contributed by atoms with Crippen LogP contribution in [-0.2, 0) is 9.63 Å². The SMILES string of the molecule is O=C(CCl)C1=NOCC1. The lowest BCUT2D eigenvalue weighted by molar-refractivity contribution is -0.110. The second-order valence-corrected chi connectivity index (χ2v) is 1.95. The Bertz CT molecular complexity index is 155. The molecule has 1 rings (SSSR count). The van der Waals surface area contributed by atoms with Gasteiger partial charge in [-0.1, -0.05) is 5.16 Å². The van der Waals surface area contributed by atoms with E-state index in [9.17, 15) is 4.79 Å². The summed E-state index contributed by atoms with van der Waals surface area (Å²) < 4.78 is 0. The highest BCUT2D eigenvalue weighted by molar-refractivity contribution is 6.49. The average Bonchev–Trinajstić information content (AvgIpc) is 2.37. The summed E-state index contributed by atoms with van der Waals surface area (Å²) in [7, 11) is 0. The van der Waals surface area contributed by atoms with Gasteiger partial charge in [-0.15, -0.1) is 11.6 Å². The van der Waals surface area contributed by atoms with Gasteiger partial charge in [0, 0.05) is 6.42 Å². The molecule has 0 amide bonds. The molecule has 9 heavy (non-hydrogen) atoms. The summed E-state index contributed by atoms with van der Waals surface area (Å²) >= 11 is 5.25. The van der Waals surface area contributed by atoms with E-state index in [2.05, 4.69) is 9.99 Å². The Morgan fingerprint density at radius 1 is 1.89 bits per heavy atom. The normalized spacial score (nSPS) is 16.8. The van der Waals surface area contributed by atoms with E-state index in [1.807, 2.05) is 0 Å². The Morgan fingerprint density at radius 3 is 3.11 bits per heavy atom. The van der Waals surface area contributed by atoms with E-state index in [-0.39, 0.29) is 11.7 Å². The third kappa shape index (κ3) is 1.42. The van der Waals surface area contributed by atoms with Gasteiger partial charge in [0.05, 0.1) is 5.88 Å². The Morgan fingerprint density at radius 2 is 2.67 bits per heavy atom. The second kappa shape index (κ2) is 2.82. The lowest BCUT2D eigenvalue weighted by Gasteiger charge is -1.86. The molecule has 0 spiro atoms. The number of Topliss-reactive ketones (excluding diaryl/α,β-unsaturated/α-hetero) is 1. The highest BCUT2D eigenvalue weighted by Crippen LogP contribution is 2.01. The van der Waals surface area contributed by atoms with E-state index in [4.69, 9.17) is 11.6 Å². The molecule has 50 valence electrons. The van der Waals surface area contributed by atoms with Crippen LogP contribution in [0.2, 0.25) is 0 Å². The summed E-state index contributed by atoms with van der Waals surface area (Å²) in [5.74, 6) is -0.128. The van der Waals surface area contributed by atoms with Gasteiger partial charge >= 0.3 is 0 Å². The number of carbonyl (C=O) groups is 1. The summed E-state index contributed by atoms with van der Waals surface area (Å²) in [6, 6.07) is 0. The van der Waals surface area contributed by atoms with Gasteiger partial charge in [0.25, 0.3) is 0 Å². The number of alkyl halides is 1. The van der Waals surface area contributed by atoms with Crippen molar-refractivity contribution in [1.82, 2.24) is 0 Å². The fraction of sp³-hybridized carbons (Fsp3) is 0.600. The van der Waals surface area contributed by atoms with Gasteiger partial charge in [-0.3, -0.25) is 4.79 Å². The summed E-state index contributed by atoms with van der Waals surface area (Å²) in [4.78, 5) is 15.3. The minimum Gasteiger partial charge on any atom is -0.395 e. The van der Waals surface area contributed by atoms with E-state index < -0.39 is 0 Å². The molecule has 0 saturated carbocycles. The third-order valence-electron chi connectivity index (χ3n) is 1.05. The molecule has 4 heteroatoms. The van der Waals surface area contributed by atoms with E-state index >= 15 is 0 Å². The van der Waals surface area contributed by atoms with Crippen LogP contribution in [0.4, 0.5) is 0 Å². The maximum absolute atomic E-state index is 10.7. The largest absolute Gasteiger partial charge is 0.395 e. The zero-order valence-electron chi connectivity index (χ0n) is 4.76. The van der Waals surface area contributed by atoms with Crippen LogP contribution in [0.1, 0.15) is 6.42 Å². The van der Waals surface area contributed by atoms with Gasteiger partial charge in [0.15, 0.2) is 5.78 Å². The molecule has 0 aliphatic carbocycles. The fourth-order valence-electron chi connectivity index (χ4n) is 0.579. The van der Waals surface area contributed by atoms with E-state index in [1.165, 1.54) is 0 Å². The van der Waals surface area contributed by atoms with Crippen molar-refractivity contribution in [1.29, 1.82) is 0 Å². The van der Waals surface area contributed by atoms with Crippen LogP contribution >= 0.6 is 11.6 Å². The van der Waals surface area contributed by atoms with Gasteiger partial charge in [-0.25, -0.2) is 0 Å². The molecule has 0 aromatic carbocycles. The first kappa shape index (κ1) is 6.55. The van der Waals surface area contributed by atoms with Gasteiger partial charge < -0.3 is 4.84 Å². The molecule has 0 saturated heterocycles. The van der Waals surface area contributed by atoms with Crippen molar-refractivity contribution in [3.8, 4) is 0 Å². The van der Waals surface area contributed by atoms with Gasteiger partial charge in [-0.2, -0.15) is 0 Å². The van der Waals surface area contributed by atoms with Gasteiger partial charge in [0.1, 0.15) is 12.3 Å². The standard InChI is InChI=1S/C5H6ClNO2/c6-3-5(8)4-1-2-9-7-4/h1-3H2. The maximum Gasteiger partial charge on any atom is 0.195 e. The minimum atomic E-state index is -0.130. The molecule has 0 aromatic heterocycles. The lowest BCUT2D eigenvalue weighted by atomic mass is 10.2. The summed E-state index contributed by atoms with van der Waals surface area (Å²) in [5, 5.41) is 3.49. The predicted octanol–water partition coefficient (Wildman–Crippen LogP) is 0.571. The molecule has 0 radical (unpaired) electrons. The van der Waals surface area contributed by atoms with Crippen molar-refractivity contribution >= 4 is 23.1 Å². The van der Waals surface area contributed by atoms with Crippen LogP contribution in [0.3, 0.4) is 0 Å². The minimum absolute atomic E-state index is 0.00218. The molecule has 1 aliphatic heterocycles. The predicted molar refractivity (Wildman–Crippen MR) is 33.7 cm³/mol. The van der Waals surface area contributed by atoms with E-state index in [1.54, 1.807) is 0 Å². The van der Waals surface area contributed by atoms with Crippen LogP contribution in [0.15, 0.2) is 5.16 Å². The number of halogens is 1. The number of oxime groups is 1. The Labute approximate surface area is 57.6 Å². The van der Waals surface area contributed by atoms with E-state index in [0.29, 0.717) is 18.7 Å². The Balaban J connectivity index is 2.51. The van der Waals surface area contributed by atoms with Crippen LogP contribution in [0.5, 0.6) is 0 Å². The topological polar surface area (TPSA) is 38.7 Å². The molecule has 0 fully saturated rings. The Hall–Kier alpha value is -0.570. The van der Waals surface area contributed by atoms with Crippen LogP contribution in [0.25, 0.3) is 0 Å². The first-order chi connectivity index (χ1) is 4.34. The molecule has 0 N–H and O–H groups in total. The first-order valence-corrected chi connectivity index (χ1v) is 3.16. The molecule has 0 atom stereocenters. The zero-order chi connectivity index (χ0) is 6.69. The van der Waals surface area contributed by atoms with Gasteiger partial charge in [-0.05, 0) is 0 Å². The number of hydrogen-bond donors (Lipinski definition) is 0. The van der Waals surface area contributed by atoms with Crippen molar-refractivity contribution in [2.24, 2.45) is 5.16 Å². The van der Waals surface area contributed by atoms with Crippen molar-refractivity contribution in [2.75, 3.05) is 12.5 Å². The molecular weight excluding hydrogens is 142 g/mol. The quantitative estimate of drug-likeness (QED) is 0.536. The van der Waals surface area contributed by atoms with Crippen molar-refractivity contribution in [2.45, 2.75) is 6.42 Å². The third-order valence-corrected chi connectivity index (χ3v) is 1.29. The van der Waals surface area contributed by atoms with Crippen molar-refractivity contribution < 1.29 is 9.63 Å². The monoisotopic (exact) mass is 147 g/mol. The molecule has 1 heterocycles.